The van der Waals surface area contributed by atoms with E-state index >= 15 is 0 Å². The maximum Gasteiger partial charge on any atom is 0.327 e. The minimum Gasteiger partial charge on any atom is -0.488 e. The van der Waals surface area contributed by atoms with Gasteiger partial charge >= 0.3 is 6.03 Å². The molecule has 2 N–H and O–H groups in total. The van der Waals surface area contributed by atoms with Gasteiger partial charge in [0.25, 0.3) is 0 Å². The summed E-state index contributed by atoms with van der Waals surface area (Å²) in [6.07, 6.45) is 7.83. The predicted octanol–water partition coefficient (Wildman–Crippen LogP) is 3.41. The molecule has 0 saturated heterocycles. The normalized spacial score (nSPS) is 23.2. The number of aliphatic imine (C=N–C) groups is 1. The van der Waals surface area contributed by atoms with Crippen LogP contribution in [0.2, 0.25) is 5.02 Å². The van der Waals surface area contributed by atoms with Crippen molar-refractivity contribution in [2.24, 2.45) is 4.99 Å². The highest BCUT2D eigenvalue weighted by Gasteiger charge is 2.23. The van der Waals surface area contributed by atoms with Crippen molar-refractivity contribution in [3.63, 3.8) is 0 Å². The van der Waals surface area contributed by atoms with Gasteiger partial charge in [-0.25, -0.2) is 4.79 Å². The third-order valence-electron chi connectivity index (χ3n) is 4.03. The zero-order chi connectivity index (χ0) is 16.9. The second-order valence-electron chi connectivity index (χ2n) is 5.92. The van der Waals surface area contributed by atoms with Crippen molar-refractivity contribution in [3.05, 3.63) is 35.5 Å². The lowest BCUT2D eigenvalue weighted by Crippen LogP contribution is -2.32. The number of nitrogens with zero attached hydrogens (tertiary/aromatic N) is 2. The summed E-state index contributed by atoms with van der Waals surface area (Å²) >= 11 is 6.05. The average Bonchev–Trinajstić information content (AvgIpc) is 2.58. The molecule has 128 valence electrons. The van der Waals surface area contributed by atoms with Crippen LogP contribution in [0.25, 0.3) is 0 Å². The van der Waals surface area contributed by atoms with Crippen LogP contribution in [0.5, 0.6) is 5.75 Å². The molecule has 24 heavy (non-hydrogen) atoms. The lowest BCUT2D eigenvalue weighted by atomic mass is 9.95. The maximum atomic E-state index is 12.3. The molecule has 0 aromatic heterocycles. The number of nitrogens with one attached hydrogen (secondary N) is 1. The van der Waals surface area contributed by atoms with Crippen LogP contribution in [-0.4, -0.2) is 41.1 Å². The molecule has 3 rings (SSSR count). The Morgan fingerprint density at radius 2 is 2.29 bits per heavy atom. The van der Waals surface area contributed by atoms with E-state index in [9.17, 15) is 9.90 Å². The Bertz CT molecular complexity index is 662. The molecule has 7 heteroatoms. The molecule has 1 aliphatic heterocycles. The standard InChI is InChI=1S/C17H20ClN3O3/c18-12-5-6-16(24-14-4-1-3-13(22)10-14)15(9-12)20-17(23)21-8-2-7-19-11-21/h2,5-9,13-14,22H,1,3-4,10-11H2,(H,20,23). The van der Waals surface area contributed by atoms with Crippen LogP contribution in [0, 0.1) is 0 Å². The van der Waals surface area contributed by atoms with E-state index in [0.717, 1.165) is 19.3 Å². The van der Waals surface area contributed by atoms with Gasteiger partial charge in [-0.3, -0.25) is 9.89 Å². The maximum absolute atomic E-state index is 12.3. The molecule has 2 atom stereocenters. The fraction of sp³-hybridized carbons (Fsp3) is 0.412. The molecule has 2 amide bonds. The SMILES string of the molecule is O=C(Nc1cc(Cl)ccc1OC1CCCC(O)C1)N1C=CC=NC1. The van der Waals surface area contributed by atoms with Gasteiger partial charge in [0.2, 0.25) is 0 Å². The summed E-state index contributed by atoms with van der Waals surface area (Å²) in [5, 5.41) is 13.1. The van der Waals surface area contributed by atoms with Crippen LogP contribution in [0.4, 0.5) is 10.5 Å². The van der Waals surface area contributed by atoms with Crippen molar-refractivity contribution >= 4 is 29.5 Å². The number of benzene rings is 1. The third-order valence-corrected chi connectivity index (χ3v) is 4.26. The quantitative estimate of drug-likeness (QED) is 0.878. The Morgan fingerprint density at radius 1 is 1.42 bits per heavy atom. The lowest BCUT2D eigenvalue weighted by molar-refractivity contribution is 0.0540. The summed E-state index contributed by atoms with van der Waals surface area (Å²) in [4.78, 5) is 17.8. The fourth-order valence-corrected chi connectivity index (χ4v) is 2.99. The lowest BCUT2D eigenvalue weighted by Gasteiger charge is -2.28. The van der Waals surface area contributed by atoms with E-state index in [1.807, 2.05) is 0 Å². The zero-order valence-electron chi connectivity index (χ0n) is 13.2. The second-order valence-corrected chi connectivity index (χ2v) is 6.35. The second kappa shape index (κ2) is 7.68. The number of rotatable bonds is 3. The van der Waals surface area contributed by atoms with Gasteiger partial charge in [0, 0.05) is 23.9 Å². The number of aliphatic hydroxyl groups is 1. The highest BCUT2D eigenvalue weighted by Crippen LogP contribution is 2.32. The number of hydrogen-bond acceptors (Lipinski definition) is 4. The third kappa shape index (κ3) is 4.27. The summed E-state index contributed by atoms with van der Waals surface area (Å²) in [6.45, 7) is 0.272. The minimum absolute atomic E-state index is 0.0648. The number of carbonyl (C=O) groups excluding carboxylic acids is 1. The summed E-state index contributed by atoms with van der Waals surface area (Å²) in [5.41, 5.74) is 0.510. The molecule has 0 bridgehead atoms. The van der Waals surface area contributed by atoms with E-state index < -0.39 is 0 Å². The smallest absolute Gasteiger partial charge is 0.327 e. The highest BCUT2D eigenvalue weighted by atomic mass is 35.5. The molecule has 1 saturated carbocycles. The van der Waals surface area contributed by atoms with Gasteiger partial charge in [0.05, 0.1) is 11.8 Å². The van der Waals surface area contributed by atoms with Crippen LogP contribution in [0.15, 0.2) is 35.5 Å². The number of anilines is 1. The average molecular weight is 350 g/mol. The first kappa shape index (κ1) is 16.8. The Kier molecular flexibility index (Phi) is 5.37. The van der Waals surface area contributed by atoms with E-state index in [2.05, 4.69) is 10.3 Å². The van der Waals surface area contributed by atoms with E-state index in [1.165, 1.54) is 4.90 Å². The summed E-state index contributed by atoms with van der Waals surface area (Å²) in [5.74, 6) is 0.552. The van der Waals surface area contributed by atoms with Crippen LogP contribution in [0.3, 0.4) is 0 Å². The molecule has 1 aliphatic carbocycles. The number of hydrogen-bond donors (Lipinski definition) is 2. The summed E-state index contributed by atoms with van der Waals surface area (Å²) < 4.78 is 6.00. The van der Waals surface area contributed by atoms with Crippen LogP contribution in [-0.2, 0) is 0 Å². The first-order valence-corrected chi connectivity index (χ1v) is 8.38. The van der Waals surface area contributed by atoms with Gasteiger partial charge in [-0.05, 0) is 43.5 Å². The molecule has 1 fully saturated rings. The van der Waals surface area contributed by atoms with Gasteiger partial charge in [-0.1, -0.05) is 11.6 Å². The Hall–Kier alpha value is -2.05. The Morgan fingerprint density at radius 3 is 3.04 bits per heavy atom. The van der Waals surface area contributed by atoms with Crippen molar-refractivity contribution in [2.45, 2.75) is 37.9 Å². The first-order chi connectivity index (χ1) is 11.6. The van der Waals surface area contributed by atoms with E-state index in [-0.39, 0.29) is 24.9 Å². The van der Waals surface area contributed by atoms with Crippen molar-refractivity contribution in [1.82, 2.24) is 4.90 Å². The number of amides is 2. The number of allylic oxidation sites excluding steroid dienone is 1. The topological polar surface area (TPSA) is 74.2 Å². The van der Waals surface area contributed by atoms with Crippen molar-refractivity contribution < 1.29 is 14.6 Å². The molecular formula is C17H20ClN3O3. The van der Waals surface area contributed by atoms with Gasteiger partial charge in [0.1, 0.15) is 18.5 Å². The monoisotopic (exact) mass is 349 g/mol. The molecule has 0 radical (unpaired) electrons. The predicted molar refractivity (Wildman–Crippen MR) is 93.7 cm³/mol. The van der Waals surface area contributed by atoms with Gasteiger partial charge in [-0.2, -0.15) is 0 Å². The molecular weight excluding hydrogens is 330 g/mol. The van der Waals surface area contributed by atoms with Crippen molar-refractivity contribution in [3.8, 4) is 5.75 Å². The Balaban J connectivity index is 1.71. The zero-order valence-corrected chi connectivity index (χ0v) is 13.9. The van der Waals surface area contributed by atoms with Crippen molar-refractivity contribution in [1.29, 1.82) is 0 Å². The number of urea groups is 1. The largest absolute Gasteiger partial charge is 0.488 e. The minimum atomic E-state index is -0.328. The van der Waals surface area contributed by atoms with E-state index in [0.29, 0.717) is 22.9 Å². The van der Waals surface area contributed by atoms with Crippen molar-refractivity contribution in [2.75, 3.05) is 12.0 Å². The van der Waals surface area contributed by atoms with Gasteiger partial charge in [-0.15, -0.1) is 0 Å². The highest BCUT2D eigenvalue weighted by molar-refractivity contribution is 6.31. The van der Waals surface area contributed by atoms with Gasteiger partial charge < -0.3 is 15.2 Å². The first-order valence-electron chi connectivity index (χ1n) is 8.00. The molecule has 2 unspecified atom stereocenters. The van der Waals surface area contributed by atoms with Crippen LogP contribution < -0.4 is 10.1 Å². The number of carbonyl (C=O) groups is 1. The van der Waals surface area contributed by atoms with Crippen LogP contribution in [0.1, 0.15) is 25.7 Å². The molecule has 1 aromatic carbocycles. The number of aliphatic hydroxyl groups excluding tert-OH is 1. The van der Waals surface area contributed by atoms with Crippen LogP contribution >= 0.6 is 11.6 Å². The molecule has 6 nitrogen and oxygen atoms in total. The molecule has 2 aliphatic rings. The molecule has 1 aromatic rings. The van der Waals surface area contributed by atoms with E-state index in [1.54, 1.807) is 36.7 Å². The summed E-state index contributed by atoms with van der Waals surface area (Å²) in [6, 6.07) is 4.81. The van der Waals surface area contributed by atoms with Gasteiger partial charge in [0.15, 0.2) is 0 Å². The number of halogens is 1. The Labute approximate surface area is 145 Å². The fourth-order valence-electron chi connectivity index (χ4n) is 2.81. The molecule has 1 heterocycles. The molecule has 0 spiro atoms. The van der Waals surface area contributed by atoms with E-state index in [4.69, 9.17) is 16.3 Å². The summed E-state index contributed by atoms with van der Waals surface area (Å²) in [7, 11) is 0. The number of ether oxygens (including phenoxy) is 1.